The molecule has 7 heteroatoms. The Morgan fingerprint density at radius 2 is 1.34 bits per heavy atom. The number of hydrogen-bond donors (Lipinski definition) is 2. The quantitative estimate of drug-likeness (QED) is 0.372. The van der Waals surface area contributed by atoms with Gasteiger partial charge in [0.25, 0.3) is 11.8 Å². The van der Waals surface area contributed by atoms with Crippen LogP contribution >= 0.6 is 0 Å². The van der Waals surface area contributed by atoms with Gasteiger partial charge in [0, 0.05) is 5.56 Å². The Balaban J connectivity index is 1.49. The molecule has 0 atom stereocenters. The van der Waals surface area contributed by atoms with Crippen molar-refractivity contribution >= 4 is 11.8 Å². The first-order chi connectivity index (χ1) is 15.7. The van der Waals surface area contributed by atoms with Gasteiger partial charge in [-0.3, -0.25) is 20.4 Å². The van der Waals surface area contributed by atoms with Crippen molar-refractivity contribution in [2.75, 3.05) is 19.8 Å². The third-order valence-corrected chi connectivity index (χ3v) is 4.34. The first kappa shape index (κ1) is 22.7. The molecular formula is C25H26N2O5. The Hall–Kier alpha value is -4.00. The first-order valence-corrected chi connectivity index (χ1v) is 10.4. The fourth-order valence-electron chi connectivity index (χ4n) is 2.81. The average Bonchev–Trinajstić information content (AvgIpc) is 2.84. The molecule has 166 valence electrons. The predicted octanol–water partition coefficient (Wildman–Crippen LogP) is 4.01. The van der Waals surface area contributed by atoms with E-state index in [1.807, 2.05) is 37.3 Å². The second kappa shape index (κ2) is 12.0. The van der Waals surface area contributed by atoms with Crippen LogP contribution in [0.25, 0.3) is 0 Å². The minimum atomic E-state index is -0.462. The molecule has 0 aliphatic heterocycles. The van der Waals surface area contributed by atoms with Crippen molar-refractivity contribution in [2.45, 2.75) is 13.3 Å². The van der Waals surface area contributed by atoms with Gasteiger partial charge in [-0.25, -0.2) is 0 Å². The van der Waals surface area contributed by atoms with E-state index >= 15 is 0 Å². The highest BCUT2D eigenvalue weighted by atomic mass is 16.5. The van der Waals surface area contributed by atoms with Gasteiger partial charge in [0.1, 0.15) is 30.5 Å². The highest BCUT2D eigenvalue weighted by Gasteiger charge is 2.14. The number of nitrogens with one attached hydrogen (secondary N) is 2. The van der Waals surface area contributed by atoms with Crippen molar-refractivity contribution in [3.63, 3.8) is 0 Å². The number of carbonyl (C=O) groups excluding carboxylic acids is 2. The van der Waals surface area contributed by atoms with Crippen LogP contribution in [-0.2, 0) is 0 Å². The molecule has 0 unspecified atom stereocenters. The molecule has 0 heterocycles. The Labute approximate surface area is 187 Å². The molecule has 0 radical (unpaired) electrons. The van der Waals surface area contributed by atoms with Crippen molar-refractivity contribution in [1.82, 2.24) is 10.9 Å². The van der Waals surface area contributed by atoms with Gasteiger partial charge in [-0.1, -0.05) is 43.3 Å². The summed E-state index contributed by atoms with van der Waals surface area (Å²) in [5.74, 6) is 0.835. The van der Waals surface area contributed by atoms with Crippen molar-refractivity contribution in [2.24, 2.45) is 0 Å². The predicted molar refractivity (Wildman–Crippen MR) is 121 cm³/mol. The molecule has 0 saturated heterocycles. The van der Waals surface area contributed by atoms with Gasteiger partial charge >= 0.3 is 0 Å². The number of ether oxygens (including phenoxy) is 3. The molecule has 0 spiro atoms. The highest BCUT2D eigenvalue weighted by molar-refractivity contribution is 6.00. The third kappa shape index (κ3) is 6.77. The summed E-state index contributed by atoms with van der Waals surface area (Å²) in [7, 11) is 0. The summed E-state index contributed by atoms with van der Waals surface area (Å²) in [6.07, 6.45) is 0.823. The molecule has 32 heavy (non-hydrogen) atoms. The molecular weight excluding hydrogens is 408 g/mol. The van der Waals surface area contributed by atoms with Crippen molar-refractivity contribution in [1.29, 1.82) is 0 Å². The average molecular weight is 434 g/mol. The van der Waals surface area contributed by atoms with Crippen LogP contribution < -0.4 is 25.1 Å². The van der Waals surface area contributed by atoms with Gasteiger partial charge in [0.2, 0.25) is 0 Å². The highest BCUT2D eigenvalue weighted by Crippen LogP contribution is 2.18. The smallest absolute Gasteiger partial charge is 0.273 e. The maximum absolute atomic E-state index is 12.5. The summed E-state index contributed by atoms with van der Waals surface area (Å²) in [4.78, 5) is 24.9. The SMILES string of the molecule is CCCOc1ccccc1C(=O)NNC(=O)c1cccc(OCCOc2ccccc2)c1. The standard InChI is InChI=1S/C25H26N2O5/c1-2-15-32-23-14-7-6-13-22(23)25(29)27-26-24(28)19-9-8-12-21(18-19)31-17-16-30-20-10-4-3-5-11-20/h3-14,18H,2,15-17H2,1H3,(H,26,28)(H,27,29). The van der Waals surface area contributed by atoms with E-state index in [9.17, 15) is 9.59 Å². The van der Waals surface area contributed by atoms with Crippen LogP contribution in [0.1, 0.15) is 34.1 Å². The van der Waals surface area contributed by atoms with Crippen LogP contribution in [0.3, 0.4) is 0 Å². The topological polar surface area (TPSA) is 85.9 Å². The van der Waals surface area contributed by atoms with Gasteiger partial charge < -0.3 is 14.2 Å². The van der Waals surface area contributed by atoms with Crippen LogP contribution in [0.2, 0.25) is 0 Å². The van der Waals surface area contributed by atoms with Crippen molar-refractivity contribution in [3.8, 4) is 17.2 Å². The number of para-hydroxylation sites is 2. The monoisotopic (exact) mass is 434 g/mol. The van der Waals surface area contributed by atoms with Crippen LogP contribution in [-0.4, -0.2) is 31.6 Å². The summed E-state index contributed by atoms with van der Waals surface area (Å²) < 4.78 is 16.8. The van der Waals surface area contributed by atoms with Crippen LogP contribution in [0.5, 0.6) is 17.2 Å². The number of rotatable bonds is 10. The number of hydrazine groups is 1. The third-order valence-electron chi connectivity index (χ3n) is 4.34. The van der Waals surface area contributed by atoms with Gasteiger partial charge in [-0.2, -0.15) is 0 Å². The van der Waals surface area contributed by atoms with Gasteiger partial charge in [-0.15, -0.1) is 0 Å². The number of carbonyl (C=O) groups is 2. The fraction of sp³-hybridized carbons (Fsp3) is 0.200. The van der Waals surface area contributed by atoms with E-state index in [0.29, 0.717) is 42.4 Å². The van der Waals surface area contributed by atoms with Gasteiger partial charge in [-0.05, 0) is 48.9 Å². The zero-order chi connectivity index (χ0) is 22.6. The Kier molecular flexibility index (Phi) is 8.50. The molecule has 3 aromatic carbocycles. The summed E-state index contributed by atoms with van der Waals surface area (Å²) in [6, 6.07) is 23.0. The van der Waals surface area contributed by atoms with Crippen LogP contribution in [0.15, 0.2) is 78.9 Å². The number of hydrogen-bond acceptors (Lipinski definition) is 5. The summed E-state index contributed by atoms with van der Waals surface area (Å²) >= 11 is 0. The van der Waals surface area contributed by atoms with E-state index in [1.54, 1.807) is 48.5 Å². The number of benzene rings is 3. The zero-order valence-electron chi connectivity index (χ0n) is 17.9. The maximum atomic E-state index is 12.5. The molecule has 7 nitrogen and oxygen atoms in total. The maximum Gasteiger partial charge on any atom is 0.273 e. The number of amides is 2. The van der Waals surface area contributed by atoms with Crippen molar-refractivity contribution in [3.05, 3.63) is 90.0 Å². The second-order valence-electron chi connectivity index (χ2n) is 6.79. The lowest BCUT2D eigenvalue weighted by molar-refractivity contribution is 0.0844. The molecule has 2 N–H and O–H groups in total. The molecule has 0 aromatic heterocycles. The van der Waals surface area contributed by atoms with E-state index in [-0.39, 0.29) is 0 Å². The molecule has 3 rings (SSSR count). The van der Waals surface area contributed by atoms with Crippen LogP contribution in [0.4, 0.5) is 0 Å². The largest absolute Gasteiger partial charge is 0.493 e. The van der Waals surface area contributed by atoms with E-state index < -0.39 is 11.8 Å². The summed E-state index contributed by atoms with van der Waals surface area (Å²) in [5, 5.41) is 0. The van der Waals surface area contributed by atoms with Crippen molar-refractivity contribution < 1.29 is 23.8 Å². The fourth-order valence-corrected chi connectivity index (χ4v) is 2.81. The van der Waals surface area contributed by atoms with E-state index in [2.05, 4.69) is 10.9 Å². The molecule has 0 bridgehead atoms. The lowest BCUT2D eigenvalue weighted by atomic mass is 10.2. The molecule has 3 aromatic rings. The van der Waals surface area contributed by atoms with E-state index in [4.69, 9.17) is 14.2 Å². The van der Waals surface area contributed by atoms with E-state index in [0.717, 1.165) is 12.2 Å². The lowest BCUT2D eigenvalue weighted by Crippen LogP contribution is -2.41. The van der Waals surface area contributed by atoms with Gasteiger partial charge in [0.05, 0.1) is 12.2 Å². The summed E-state index contributed by atoms with van der Waals surface area (Å²) in [5.41, 5.74) is 5.54. The lowest BCUT2D eigenvalue weighted by Gasteiger charge is -2.12. The first-order valence-electron chi connectivity index (χ1n) is 10.4. The minimum Gasteiger partial charge on any atom is -0.493 e. The minimum absolute atomic E-state index is 0.325. The van der Waals surface area contributed by atoms with Gasteiger partial charge in [0.15, 0.2) is 0 Å². The Bertz CT molecular complexity index is 1020. The Morgan fingerprint density at radius 1 is 0.688 bits per heavy atom. The van der Waals surface area contributed by atoms with E-state index in [1.165, 1.54) is 0 Å². The molecule has 0 saturated carbocycles. The zero-order valence-corrected chi connectivity index (χ0v) is 17.9. The molecule has 0 aliphatic carbocycles. The Morgan fingerprint density at radius 3 is 2.12 bits per heavy atom. The normalized spacial score (nSPS) is 10.2. The second-order valence-corrected chi connectivity index (χ2v) is 6.79. The van der Waals surface area contributed by atoms with Crippen LogP contribution in [0, 0.1) is 0 Å². The molecule has 2 amide bonds. The summed E-state index contributed by atoms with van der Waals surface area (Å²) in [6.45, 7) is 3.18. The molecule has 0 fully saturated rings. The molecule has 0 aliphatic rings.